The van der Waals surface area contributed by atoms with Crippen LogP contribution in [-0.4, -0.2) is 18.7 Å². The van der Waals surface area contributed by atoms with Gasteiger partial charge in [0, 0.05) is 0 Å². The van der Waals surface area contributed by atoms with Crippen molar-refractivity contribution in [2.75, 3.05) is 11.5 Å². The molecule has 0 aliphatic rings. The van der Waals surface area contributed by atoms with Crippen LogP contribution in [0.5, 0.6) is 0 Å². The van der Waals surface area contributed by atoms with Crippen LogP contribution < -0.4 is 0 Å². The summed E-state index contributed by atoms with van der Waals surface area (Å²) in [7, 11) is -0.812. The summed E-state index contributed by atoms with van der Waals surface area (Å²) in [6.07, 6.45) is 1.26. The predicted molar refractivity (Wildman–Crippen MR) is 54.3 cm³/mol. The molecule has 0 saturated heterocycles. The van der Waals surface area contributed by atoms with E-state index >= 15 is 0 Å². The number of thiol groups is 1. The zero-order chi connectivity index (χ0) is 7.33. The molecule has 0 heterocycles. The molecule has 0 aromatic carbocycles. The second-order valence-electron chi connectivity index (χ2n) is 3.04. The standard InChI is InChI=1S/C6H16S2Si/c1-9(2,3)8-6-4-5-7/h7H,4-6H2,1-3H3. The van der Waals surface area contributed by atoms with Gasteiger partial charge in [0.1, 0.15) is 7.22 Å². The Morgan fingerprint density at radius 1 is 1.33 bits per heavy atom. The highest BCUT2D eigenvalue weighted by atomic mass is 32.4. The molecule has 0 bridgehead atoms. The fraction of sp³-hybridized carbons (Fsp3) is 1.00. The molecule has 0 aliphatic heterocycles. The van der Waals surface area contributed by atoms with Crippen LogP contribution in [0, 0.1) is 0 Å². The molecule has 0 unspecified atom stereocenters. The second kappa shape index (κ2) is 4.69. The molecule has 56 valence electrons. The van der Waals surface area contributed by atoms with Gasteiger partial charge in [-0.1, -0.05) is 19.6 Å². The molecule has 0 N–H and O–H groups in total. The molecular formula is C6H16S2Si. The Morgan fingerprint density at radius 2 is 1.89 bits per heavy atom. The van der Waals surface area contributed by atoms with Crippen molar-refractivity contribution >= 4 is 31.1 Å². The first-order valence-electron chi connectivity index (χ1n) is 3.31. The lowest BCUT2D eigenvalue weighted by atomic mass is 10.6. The third kappa shape index (κ3) is 8.92. The van der Waals surface area contributed by atoms with Crippen molar-refractivity contribution in [1.29, 1.82) is 0 Å². The van der Waals surface area contributed by atoms with Gasteiger partial charge in [-0.05, 0) is 17.9 Å². The fourth-order valence-electron chi connectivity index (χ4n) is 0.443. The lowest BCUT2D eigenvalue weighted by Crippen LogP contribution is -2.14. The number of rotatable bonds is 4. The average molecular weight is 180 g/mol. The summed E-state index contributed by atoms with van der Waals surface area (Å²) < 4.78 is 0. The van der Waals surface area contributed by atoms with Gasteiger partial charge in [-0.15, -0.1) is 0 Å². The largest absolute Gasteiger partial charge is 0.186 e. The monoisotopic (exact) mass is 180 g/mol. The molecule has 3 heteroatoms. The van der Waals surface area contributed by atoms with Crippen molar-refractivity contribution in [2.24, 2.45) is 0 Å². The van der Waals surface area contributed by atoms with Crippen molar-refractivity contribution < 1.29 is 0 Å². The van der Waals surface area contributed by atoms with Crippen molar-refractivity contribution in [1.82, 2.24) is 0 Å². The van der Waals surface area contributed by atoms with E-state index in [0.717, 1.165) is 5.75 Å². The van der Waals surface area contributed by atoms with Gasteiger partial charge in [0.2, 0.25) is 0 Å². The summed E-state index contributed by atoms with van der Waals surface area (Å²) in [5.74, 6) is 2.34. The highest BCUT2D eigenvalue weighted by Crippen LogP contribution is 2.19. The first-order chi connectivity index (χ1) is 4.06. The molecular weight excluding hydrogens is 164 g/mol. The van der Waals surface area contributed by atoms with Gasteiger partial charge in [0.15, 0.2) is 0 Å². The molecule has 0 amide bonds. The maximum Gasteiger partial charge on any atom is 0.108 e. The minimum atomic E-state index is -0.812. The van der Waals surface area contributed by atoms with E-state index in [2.05, 4.69) is 43.5 Å². The van der Waals surface area contributed by atoms with E-state index < -0.39 is 7.22 Å². The molecule has 0 rings (SSSR count). The maximum atomic E-state index is 4.15. The lowest BCUT2D eigenvalue weighted by Gasteiger charge is -2.13. The maximum absolute atomic E-state index is 4.15. The fourth-order valence-corrected chi connectivity index (χ4v) is 3.99. The van der Waals surface area contributed by atoms with Gasteiger partial charge < -0.3 is 0 Å². The van der Waals surface area contributed by atoms with E-state index in [-0.39, 0.29) is 0 Å². The van der Waals surface area contributed by atoms with Crippen LogP contribution in [0.15, 0.2) is 0 Å². The smallest absolute Gasteiger partial charge is 0.108 e. The van der Waals surface area contributed by atoms with Crippen LogP contribution in [0.1, 0.15) is 6.42 Å². The van der Waals surface area contributed by atoms with Crippen LogP contribution >= 0.6 is 23.8 Å². The van der Waals surface area contributed by atoms with Gasteiger partial charge in [0.05, 0.1) is 0 Å². The summed E-state index contributed by atoms with van der Waals surface area (Å²) in [5, 5.41) is 0. The minimum absolute atomic E-state index is 0.812. The van der Waals surface area contributed by atoms with E-state index in [1.807, 2.05) is 0 Å². The van der Waals surface area contributed by atoms with Gasteiger partial charge in [0.25, 0.3) is 0 Å². The molecule has 9 heavy (non-hydrogen) atoms. The Bertz CT molecular complexity index is 67.9. The molecule has 0 aromatic heterocycles. The Morgan fingerprint density at radius 3 is 2.22 bits per heavy atom. The third-order valence-corrected chi connectivity index (χ3v) is 5.72. The summed E-state index contributed by atoms with van der Waals surface area (Å²) in [6.45, 7) is 7.16. The van der Waals surface area contributed by atoms with E-state index in [9.17, 15) is 0 Å². The summed E-state index contributed by atoms with van der Waals surface area (Å²) in [6, 6.07) is 0. The Balaban J connectivity index is 3.07. The first-order valence-corrected chi connectivity index (χ1v) is 9.15. The van der Waals surface area contributed by atoms with E-state index in [1.165, 1.54) is 12.2 Å². The molecule has 0 aliphatic carbocycles. The van der Waals surface area contributed by atoms with Gasteiger partial charge in [-0.3, -0.25) is 0 Å². The Kier molecular flexibility index (Phi) is 5.17. The zero-order valence-electron chi connectivity index (χ0n) is 6.48. The average Bonchev–Trinajstić information content (AvgIpc) is 1.63. The second-order valence-corrected chi connectivity index (χ2v) is 12.9. The van der Waals surface area contributed by atoms with Crippen molar-refractivity contribution in [2.45, 2.75) is 26.1 Å². The first kappa shape index (κ1) is 9.92. The molecule has 0 spiro atoms. The van der Waals surface area contributed by atoms with Crippen LogP contribution in [0.2, 0.25) is 19.6 Å². The van der Waals surface area contributed by atoms with Crippen LogP contribution in [0.3, 0.4) is 0 Å². The van der Waals surface area contributed by atoms with Crippen LogP contribution in [0.25, 0.3) is 0 Å². The van der Waals surface area contributed by atoms with Gasteiger partial charge >= 0.3 is 0 Å². The Labute approximate surface area is 68.9 Å². The summed E-state index contributed by atoms with van der Waals surface area (Å²) in [5.41, 5.74) is 0. The van der Waals surface area contributed by atoms with Gasteiger partial charge in [-0.25, -0.2) is 0 Å². The quantitative estimate of drug-likeness (QED) is 0.394. The SMILES string of the molecule is C[Si](C)(C)SCCCS. The molecule has 0 fully saturated rings. The lowest BCUT2D eigenvalue weighted by molar-refractivity contribution is 1.13. The normalized spacial score (nSPS) is 12.0. The van der Waals surface area contributed by atoms with E-state index in [1.54, 1.807) is 0 Å². The topological polar surface area (TPSA) is 0 Å². The van der Waals surface area contributed by atoms with E-state index in [4.69, 9.17) is 0 Å². The molecule has 0 saturated carbocycles. The van der Waals surface area contributed by atoms with E-state index in [0.29, 0.717) is 0 Å². The molecule has 0 aromatic rings. The number of hydrogen-bond donors (Lipinski definition) is 1. The number of hydrogen-bond acceptors (Lipinski definition) is 2. The molecule has 0 radical (unpaired) electrons. The highest BCUT2D eigenvalue weighted by Gasteiger charge is 2.11. The molecule has 0 atom stereocenters. The van der Waals surface area contributed by atoms with Gasteiger partial charge in [-0.2, -0.15) is 23.8 Å². The van der Waals surface area contributed by atoms with Crippen LogP contribution in [-0.2, 0) is 0 Å². The third-order valence-electron chi connectivity index (χ3n) is 0.838. The Hall–Kier alpha value is 0.917. The zero-order valence-corrected chi connectivity index (χ0v) is 9.19. The highest BCUT2D eigenvalue weighted by molar-refractivity contribution is 8.28. The van der Waals surface area contributed by atoms with Crippen molar-refractivity contribution in [3.63, 3.8) is 0 Å². The summed E-state index contributed by atoms with van der Waals surface area (Å²) >= 11 is 6.30. The minimum Gasteiger partial charge on any atom is -0.186 e. The summed E-state index contributed by atoms with van der Waals surface area (Å²) in [4.78, 5) is 0. The van der Waals surface area contributed by atoms with Crippen molar-refractivity contribution in [3.8, 4) is 0 Å². The van der Waals surface area contributed by atoms with Crippen LogP contribution in [0.4, 0.5) is 0 Å². The van der Waals surface area contributed by atoms with Crippen molar-refractivity contribution in [3.05, 3.63) is 0 Å². The predicted octanol–water partition coefficient (Wildman–Crippen LogP) is 2.87. The molecule has 0 nitrogen and oxygen atoms in total.